The van der Waals surface area contributed by atoms with Crippen LogP contribution in [0.25, 0.3) is 5.69 Å². The summed E-state index contributed by atoms with van der Waals surface area (Å²) in [7, 11) is 3.10. The topological polar surface area (TPSA) is 73.6 Å². The maximum absolute atomic E-state index is 11.0. The molecule has 0 atom stereocenters. The number of hydrogen-bond acceptors (Lipinski definition) is 4. The van der Waals surface area contributed by atoms with Crippen molar-refractivity contribution in [3.05, 3.63) is 35.5 Å². The van der Waals surface area contributed by atoms with E-state index in [0.29, 0.717) is 23.6 Å². The highest BCUT2D eigenvalue weighted by atomic mass is 16.5. The zero-order chi connectivity index (χ0) is 15.4. The van der Waals surface area contributed by atoms with Gasteiger partial charge in [-0.15, -0.1) is 0 Å². The van der Waals surface area contributed by atoms with E-state index in [1.165, 1.54) is 7.11 Å². The number of hydrogen-bond donors (Lipinski definition) is 1. The Hall–Kier alpha value is -2.50. The lowest BCUT2D eigenvalue weighted by molar-refractivity contribution is -0.136. The van der Waals surface area contributed by atoms with Crippen LogP contribution in [0, 0.1) is 0 Å². The standard InChI is InChI=1S/C15H18N2O4/c1-4-13-12(9-14(18)19)15(21-3)17(16-13)10-6-5-7-11(8-10)20-2/h5-8H,4,9H2,1-3H3,(H,18,19). The molecule has 0 saturated carbocycles. The molecule has 1 aromatic heterocycles. The van der Waals surface area contributed by atoms with Crippen molar-refractivity contribution in [2.45, 2.75) is 19.8 Å². The maximum atomic E-state index is 11.0. The minimum Gasteiger partial charge on any atom is -0.497 e. The van der Waals surface area contributed by atoms with E-state index in [9.17, 15) is 4.79 Å². The molecule has 1 aromatic carbocycles. The Balaban J connectivity index is 2.57. The Labute approximate surface area is 122 Å². The van der Waals surface area contributed by atoms with Crippen molar-refractivity contribution >= 4 is 5.97 Å². The van der Waals surface area contributed by atoms with Crippen molar-refractivity contribution in [2.75, 3.05) is 14.2 Å². The van der Waals surface area contributed by atoms with Crippen molar-refractivity contribution < 1.29 is 19.4 Å². The second-order valence-electron chi connectivity index (χ2n) is 4.47. The van der Waals surface area contributed by atoms with Gasteiger partial charge in [-0.1, -0.05) is 13.0 Å². The summed E-state index contributed by atoms with van der Waals surface area (Å²) in [6.07, 6.45) is 0.520. The van der Waals surface area contributed by atoms with E-state index in [1.54, 1.807) is 11.8 Å². The fourth-order valence-electron chi connectivity index (χ4n) is 2.22. The molecule has 2 rings (SSSR count). The predicted molar refractivity (Wildman–Crippen MR) is 77.4 cm³/mol. The van der Waals surface area contributed by atoms with Gasteiger partial charge in [0, 0.05) is 11.6 Å². The van der Waals surface area contributed by atoms with Crippen LogP contribution in [0.15, 0.2) is 24.3 Å². The van der Waals surface area contributed by atoms with Crippen LogP contribution in [0.5, 0.6) is 11.6 Å². The van der Waals surface area contributed by atoms with Crippen LogP contribution in [-0.4, -0.2) is 35.1 Å². The average molecular weight is 290 g/mol. The summed E-state index contributed by atoms with van der Waals surface area (Å²) in [5, 5.41) is 13.5. The first-order valence-electron chi connectivity index (χ1n) is 6.61. The third-order valence-corrected chi connectivity index (χ3v) is 3.17. The molecule has 0 aliphatic carbocycles. The van der Waals surface area contributed by atoms with Crippen molar-refractivity contribution in [1.82, 2.24) is 9.78 Å². The van der Waals surface area contributed by atoms with Gasteiger partial charge in [-0.3, -0.25) is 4.79 Å². The third kappa shape index (κ3) is 2.99. The number of carboxylic acids is 1. The van der Waals surface area contributed by atoms with Crippen LogP contribution in [0.3, 0.4) is 0 Å². The number of aromatic nitrogens is 2. The number of benzene rings is 1. The molecule has 0 spiro atoms. The van der Waals surface area contributed by atoms with E-state index in [2.05, 4.69) is 5.10 Å². The number of carboxylic acid groups (broad SMARTS) is 1. The van der Waals surface area contributed by atoms with Crippen LogP contribution in [0.2, 0.25) is 0 Å². The Kier molecular flexibility index (Phi) is 4.47. The molecule has 0 fully saturated rings. The number of methoxy groups -OCH3 is 2. The first-order chi connectivity index (χ1) is 10.1. The van der Waals surface area contributed by atoms with Gasteiger partial charge in [-0.25, -0.2) is 4.68 Å². The van der Waals surface area contributed by atoms with Gasteiger partial charge in [0.1, 0.15) is 5.75 Å². The number of rotatable bonds is 6. The number of aliphatic carboxylic acids is 1. The summed E-state index contributed by atoms with van der Waals surface area (Å²) < 4.78 is 12.2. The molecule has 0 aliphatic rings. The Morgan fingerprint density at radius 3 is 2.67 bits per heavy atom. The average Bonchev–Trinajstić information content (AvgIpc) is 2.84. The molecule has 0 unspecified atom stereocenters. The lowest BCUT2D eigenvalue weighted by Crippen LogP contribution is -2.04. The first kappa shape index (κ1) is 14.9. The smallest absolute Gasteiger partial charge is 0.308 e. The highest BCUT2D eigenvalue weighted by Gasteiger charge is 2.21. The summed E-state index contributed by atoms with van der Waals surface area (Å²) in [5.74, 6) is 0.235. The molecule has 1 heterocycles. The number of ether oxygens (including phenoxy) is 2. The summed E-state index contributed by atoms with van der Waals surface area (Å²) >= 11 is 0. The SMILES string of the molecule is CCc1nn(-c2cccc(OC)c2)c(OC)c1CC(=O)O. The Morgan fingerprint density at radius 2 is 2.10 bits per heavy atom. The maximum Gasteiger partial charge on any atom is 0.308 e. The predicted octanol–water partition coefficient (Wildman–Crippen LogP) is 2.08. The highest BCUT2D eigenvalue weighted by molar-refractivity contribution is 5.71. The third-order valence-electron chi connectivity index (χ3n) is 3.17. The molecule has 0 bridgehead atoms. The van der Waals surface area contributed by atoms with Crippen molar-refractivity contribution in [1.29, 1.82) is 0 Å². The number of nitrogens with zero attached hydrogens (tertiary/aromatic N) is 2. The summed E-state index contributed by atoms with van der Waals surface area (Å²) in [6, 6.07) is 7.36. The molecule has 0 radical (unpaired) electrons. The Bertz CT molecular complexity index is 649. The molecule has 0 amide bonds. The molecule has 0 saturated heterocycles. The lowest BCUT2D eigenvalue weighted by Gasteiger charge is -2.08. The van der Waals surface area contributed by atoms with Crippen LogP contribution in [-0.2, 0) is 17.6 Å². The van der Waals surface area contributed by atoms with Gasteiger partial charge in [0.15, 0.2) is 0 Å². The second kappa shape index (κ2) is 6.30. The summed E-state index contributed by atoms with van der Waals surface area (Å²) in [6.45, 7) is 1.93. The van der Waals surface area contributed by atoms with Gasteiger partial charge in [0.25, 0.3) is 0 Å². The van der Waals surface area contributed by atoms with Crippen molar-refractivity contribution in [3.63, 3.8) is 0 Å². The van der Waals surface area contributed by atoms with Gasteiger partial charge in [0.2, 0.25) is 5.88 Å². The largest absolute Gasteiger partial charge is 0.497 e. The fraction of sp³-hybridized carbons (Fsp3) is 0.333. The minimum absolute atomic E-state index is 0.115. The zero-order valence-corrected chi connectivity index (χ0v) is 12.3. The van der Waals surface area contributed by atoms with E-state index < -0.39 is 5.97 Å². The Morgan fingerprint density at radius 1 is 1.33 bits per heavy atom. The van der Waals surface area contributed by atoms with Crippen molar-refractivity contribution in [3.8, 4) is 17.3 Å². The van der Waals surface area contributed by atoms with Crippen LogP contribution in [0.4, 0.5) is 0 Å². The van der Waals surface area contributed by atoms with E-state index in [-0.39, 0.29) is 6.42 Å². The normalized spacial score (nSPS) is 10.4. The molecule has 21 heavy (non-hydrogen) atoms. The van der Waals surface area contributed by atoms with E-state index in [4.69, 9.17) is 14.6 Å². The van der Waals surface area contributed by atoms with Gasteiger partial charge in [-0.2, -0.15) is 5.10 Å². The molecule has 112 valence electrons. The quantitative estimate of drug-likeness (QED) is 0.881. The molecule has 6 heteroatoms. The highest BCUT2D eigenvalue weighted by Crippen LogP contribution is 2.28. The molecule has 1 N–H and O–H groups in total. The van der Waals surface area contributed by atoms with Crippen LogP contribution < -0.4 is 9.47 Å². The summed E-state index contributed by atoms with van der Waals surface area (Å²) in [4.78, 5) is 11.0. The van der Waals surface area contributed by atoms with Crippen LogP contribution in [0.1, 0.15) is 18.2 Å². The fourth-order valence-corrected chi connectivity index (χ4v) is 2.22. The molecule has 2 aromatic rings. The summed E-state index contributed by atoms with van der Waals surface area (Å²) in [5.41, 5.74) is 2.09. The molecular formula is C15H18N2O4. The zero-order valence-electron chi connectivity index (χ0n) is 12.3. The first-order valence-corrected chi connectivity index (χ1v) is 6.61. The minimum atomic E-state index is -0.909. The molecule has 0 aliphatic heterocycles. The van der Waals surface area contributed by atoms with Gasteiger partial charge in [0.05, 0.1) is 32.0 Å². The van der Waals surface area contributed by atoms with Gasteiger partial charge < -0.3 is 14.6 Å². The van der Waals surface area contributed by atoms with E-state index in [0.717, 1.165) is 11.4 Å². The number of aryl methyl sites for hydroxylation is 1. The van der Waals surface area contributed by atoms with Gasteiger partial charge in [-0.05, 0) is 18.6 Å². The monoisotopic (exact) mass is 290 g/mol. The molecular weight excluding hydrogens is 272 g/mol. The molecule has 6 nitrogen and oxygen atoms in total. The van der Waals surface area contributed by atoms with Crippen LogP contribution >= 0.6 is 0 Å². The van der Waals surface area contributed by atoms with Crippen molar-refractivity contribution in [2.24, 2.45) is 0 Å². The van der Waals surface area contributed by atoms with E-state index in [1.807, 2.05) is 31.2 Å². The van der Waals surface area contributed by atoms with Gasteiger partial charge >= 0.3 is 5.97 Å². The second-order valence-corrected chi connectivity index (χ2v) is 4.47. The lowest BCUT2D eigenvalue weighted by atomic mass is 10.1. The van der Waals surface area contributed by atoms with E-state index >= 15 is 0 Å². The number of carbonyl (C=O) groups is 1.